The third-order valence-electron chi connectivity index (χ3n) is 3.29. The van der Waals surface area contributed by atoms with Crippen LogP contribution in [-0.2, 0) is 21.4 Å². The van der Waals surface area contributed by atoms with Crippen molar-refractivity contribution in [1.82, 2.24) is 15.1 Å². The molecule has 2 heterocycles. The summed E-state index contributed by atoms with van der Waals surface area (Å²) in [5, 5.41) is 3.91. The van der Waals surface area contributed by atoms with Gasteiger partial charge in [-0.2, -0.15) is 4.98 Å². The predicted octanol–water partition coefficient (Wildman–Crippen LogP) is 1.26. The molecule has 0 aromatic carbocycles. The van der Waals surface area contributed by atoms with Gasteiger partial charge < -0.3 is 9.26 Å². The molecule has 1 saturated carbocycles. The Balaban J connectivity index is 1.79. The van der Waals surface area contributed by atoms with Crippen molar-refractivity contribution in [3.8, 4) is 0 Å². The van der Waals surface area contributed by atoms with Crippen molar-refractivity contribution in [2.45, 2.75) is 24.7 Å². The van der Waals surface area contributed by atoms with E-state index in [0.29, 0.717) is 31.0 Å². The van der Waals surface area contributed by atoms with Gasteiger partial charge in [-0.15, -0.1) is 0 Å². The molecule has 6 nitrogen and oxygen atoms in total. The van der Waals surface area contributed by atoms with E-state index in [9.17, 15) is 4.79 Å². The van der Waals surface area contributed by atoms with Crippen LogP contribution in [-0.4, -0.2) is 28.2 Å². The summed E-state index contributed by atoms with van der Waals surface area (Å²) in [4.78, 5) is 20.0. The Kier molecular flexibility index (Phi) is 2.77. The first-order valence-corrected chi connectivity index (χ1v) is 6.05. The Hall–Kier alpha value is -2.24. The summed E-state index contributed by atoms with van der Waals surface area (Å²) in [6.07, 6.45) is 5.40. The van der Waals surface area contributed by atoms with Crippen molar-refractivity contribution in [2.24, 2.45) is 0 Å². The molecule has 1 aliphatic carbocycles. The highest BCUT2D eigenvalue weighted by molar-refractivity contribution is 5.85. The maximum atomic E-state index is 11.7. The maximum absolute atomic E-state index is 11.7. The molecule has 2 aromatic heterocycles. The molecule has 6 heteroatoms. The molecule has 2 aromatic rings. The van der Waals surface area contributed by atoms with Gasteiger partial charge in [0.15, 0.2) is 5.82 Å². The molecular formula is C13H13N3O3. The lowest BCUT2D eigenvalue weighted by Gasteiger charge is -2.05. The Morgan fingerprint density at radius 1 is 1.53 bits per heavy atom. The lowest BCUT2D eigenvalue weighted by Crippen LogP contribution is -2.22. The summed E-state index contributed by atoms with van der Waals surface area (Å²) >= 11 is 0. The van der Waals surface area contributed by atoms with Gasteiger partial charge in [0.05, 0.1) is 7.11 Å². The summed E-state index contributed by atoms with van der Waals surface area (Å²) < 4.78 is 9.99. The van der Waals surface area contributed by atoms with Crippen LogP contribution in [0.15, 0.2) is 29.0 Å². The molecule has 98 valence electrons. The second-order valence-corrected chi connectivity index (χ2v) is 4.63. The van der Waals surface area contributed by atoms with Gasteiger partial charge in [-0.25, -0.2) is 0 Å². The number of carbonyl (C=O) groups is 1. The van der Waals surface area contributed by atoms with E-state index in [0.717, 1.165) is 5.56 Å². The first-order valence-electron chi connectivity index (χ1n) is 6.05. The van der Waals surface area contributed by atoms with Crippen LogP contribution in [0.5, 0.6) is 0 Å². The second kappa shape index (κ2) is 4.46. The fraction of sp³-hybridized carbons (Fsp3) is 0.385. The van der Waals surface area contributed by atoms with E-state index in [2.05, 4.69) is 15.1 Å². The van der Waals surface area contributed by atoms with Gasteiger partial charge in [-0.1, -0.05) is 11.2 Å². The average Bonchev–Trinajstić information content (AvgIpc) is 3.14. The molecule has 0 radical (unpaired) electrons. The number of pyridine rings is 1. The molecule has 1 aliphatic rings. The van der Waals surface area contributed by atoms with Crippen LogP contribution in [0.2, 0.25) is 0 Å². The quantitative estimate of drug-likeness (QED) is 0.769. The summed E-state index contributed by atoms with van der Waals surface area (Å²) in [5.41, 5.74) is 0.298. The molecule has 0 aliphatic heterocycles. The van der Waals surface area contributed by atoms with E-state index in [1.54, 1.807) is 12.4 Å². The highest BCUT2D eigenvalue weighted by atomic mass is 16.5. The number of aromatic nitrogens is 3. The van der Waals surface area contributed by atoms with E-state index in [1.807, 2.05) is 12.1 Å². The second-order valence-electron chi connectivity index (χ2n) is 4.63. The SMILES string of the molecule is COC(=O)C1(c2nc(Cc3cccnc3)no2)CC1. The molecule has 0 spiro atoms. The number of carbonyl (C=O) groups excluding carboxylic acids is 1. The van der Waals surface area contributed by atoms with Crippen molar-refractivity contribution in [3.05, 3.63) is 41.8 Å². The minimum atomic E-state index is -0.699. The fourth-order valence-electron chi connectivity index (χ4n) is 2.03. The number of hydrogen-bond acceptors (Lipinski definition) is 6. The highest BCUT2D eigenvalue weighted by Gasteiger charge is 2.57. The zero-order chi connectivity index (χ0) is 13.3. The first-order chi connectivity index (χ1) is 9.24. The van der Waals surface area contributed by atoms with Gasteiger partial charge in [0.25, 0.3) is 0 Å². The Labute approximate surface area is 109 Å². The molecule has 1 fully saturated rings. The first kappa shape index (κ1) is 11.8. The summed E-state index contributed by atoms with van der Waals surface area (Å²) in [6, 6.07) is 3.80. The van der Waals surface area contributed by atoms with Gasteiger partial charge in [-0.05, 0) is 24.5 Å². The number of rotatable bonds is 4. The molecule has 3 rings (SSSR count). The van der Waals surface area contributed by atoms with Crippen LogP contribution in [0.4, 0.5) is 0 Å². The molecule has 0 bridgehead atoms. The predicted molar refractivity (Wildman–Crippen MR) is 64.3 cm³/mol. The third-order valence-corrected chi connectivity index (χ3v) is 3.29. The lowest BCUT2D eigenvalue weighted by molar-refractivity contribution is -0.144. The molecule has 0 atom stereocenters. The minimum Gasteiger partial charge on any atom is -0.468 e. The van der Waals surface area contributed by atoms with E-state index < -0.39 is 5.41 Å². The number of esters is 1. The van der Waals surface area contributed by atoms with Gasteiger partial charge >= 0.3 is 5.97 Å². The number of nitrogens with zero attached hydrogens (tertiary/aromatic N) is 3. The van der Waals surface area contributed by atoms with E-state index in [1.165, 1.54) is 7.11 Å². The van der Waals surface area contributed by atoms with Crippen molar-refractivity contribution in [1.29, 1.82) is 0 Å². The molecule has 19 heavy (non-hydrogen) atoms. The van der Waals surface area contributed by atoms with E-state index >= 15 is 0 Å². The Morgan fingerprint density at radius 3 is 3.00 bits per heavy atom. The lowest BCUT2D eigenvalue weighted by atomic mass is 10.1. The van der Waals surface area contributed by atoms with Crippen LogP contribution in [0.1, 0.15) is 30.1 Å². The van der Waals surface area contributed by atoms with Gasteiger partial charge in [-0.3, -0.25) is 9.78 Å². The van der Waals surface area contributed by atoms with Crippen molar-refractivity contribution < 1.29 is 14.1 Å². The van der Waals surface area contributed by atoms with Gasteiger partial charge in [0, 0.05) is 18.8 Å². The summed E-state index contributed by atoms with van der Waals surface area (Å²) in [5.74, 6) is 0.612. The standard InChI is InChI=1S/C13H13N3O3/c1-18-12(17)13(4-5-13)11-15-10(16-19-11)7-9-3-2-6-14-8-9/h2-3,6,8H,4-5,7H2,1H3. The van der Waals surface area contributed by atoms with E-state index in [4.69, 9.17) is 9.26 Å². The van der Waals surface area contributed by atoms with Crippen molar-refractivity contribution in [2.75, 3.05) is 7.11 Å². The number of ether oxygens (including phenoxy) is 1. The monoisotopic (exact) mass is 259 g/mol. The van der Waals surface area contributed by atoms with Crippen LogP contribution in [0.25, 0.3) is 0 Å². The number of methoxy groups -OCH3 is 1. The normalized spacial score (nSPS) is 16.1. The third kappa shape index (κ3) is 2.09. The Morgan fingerprint density at radius 2 is 2.37 bits per heavy atom. The maximum Gasteiger partial charge on any atom is 0.321 e. The zero-order valence-corrected chi connectivity index (χ0v) is 10.5. The van der Waals surface area contributed by atoms with Crippen LogP contribution < -0.4 is 0 Å². The van der Waals surface area contributed by atoms with Gasteiger partial charge in [0.2, 0.25) is 5.89 Å². The largest absolute Gasteiger partial charge is 0.468 e. The summed E-state index contributed by atoms with van der Waals surface area (Å²) in [7, 11) is 1.37. The fourth-order valence-corrected chi connectivity index (χ4v) is 2.03. The van der Waals surface area contributed by atoms with Crippen molar-refractivity contribution in [3.63, 3.8) is 0 Å². The van der Waals surface area contributed by atoms with Crippen LogP contribution in [0.3, 0.4) is 0 Å². The van der Waals surface area contributed by atoms with Crippen molar-refractivity contribution >= 4 is 5.97 Å². The number of hydrogen-bond donors (Lipinski definition) is 0. The topological polar surface area (TPSA) is 78.1 Å². The summed E-state index contributed by atoms with van der Waals surface area (Å²) in [6.45, 7) is 0. The molecule has 0 unspecified atom stereocenters. The Bertz CT molecular complexity index is 590. The molecule has 0 N–H and O–H groups in total. The van der Waals surface area contributed by atoms with Crippen LogP contribution in [0, 0.1) is 0 Å². The van der Waals surface area contributed by atoms with Crippen LogP contribution >= 0.6 is 0 Å². The molecule has 0 amide bonds. The van der Waals surface area contributed by atoms with E-state index in [-0.39, 0.29) is 5.97 Å². The minimum absolute atomic E-state index is 0.302. The molecular weight excluding hydrogens is 246 g/mol. The van der Waals surface area contributed by atoms with Gasteiger partial charge in [0.1, 0.15) is 5.41 Å². The zero-order valence-electron chi connectivity index (χ0n) is 10.5. The average molecular weight is 259 g/mol. The highest BCUT2D eigenvalue weighted by Crippen LogP contribution is 2.48. The smallest absolute Gasteiger partial charge is 0.321 e. The molecule has 0 saturated heterocycles.